The lowest BCUT2D eigenvalue weighted by Gasteiger charge is -2.34. The minimum atomic E-state index is -4.54. The number of benzene rings is 1. The SMILES string of the molecule is COc1ccccc1-c1cn2c(=O)c3nc(Br)n([C@@H]4OC5COP(=O)([O-])O[C@H]5C4O)c3nc2[nH]1.[H+]. The van der Waals surface area contributed by atoms with Crippen LogP contribution in [-0.4, -0.2) is 61.1 Å². The molecule has 4 aromatic rings. The summed E-state index contributed by atoms with van der Waals surface area (Å²) in [6.45, 7) is -0.303. The first-order valence-electron chi connectivity index (χ1n) is 10.1. The van der Waals surface area contributed by atoms with Crippen molar-refractivity contribution in [3.05, 3.63) is 45.5 Å². The van der Waals surface area contributed by atoms with Crippen LogP contribution in [0.5, 0.6) is 5.75 Å². The highest BCUT2D eigenvalue weighted by Gasteiger charge is 2.51. The van der Waals surface area contributed by atoms with Gasteiger partial charge in [0.05, 0.1) is 19.4 Å². The topological polar surface area (TPSA) is 165 Å². The van der Waals surface area contributed by atoms with Crippen LogP contribution in [0.15, 0.2) is 40.0 Å². The first-order valence-corrected chi connectivity index (χ1v) is 12.3. The van der Waals surface area contributed by atoms with Crippen molar-refractivity contribution in [1.82, 2.24) is 23.9 Å². The highest BCUT2D eigenvalue weighted by atomic mass is 79.9. The molecule has 0 amide bonds. The summed E-state index contributed by atoms with van der Waals surface area (Å²) in [7, 11) is -2.99. The number of nitrogens with one attached hydrogen (secondary N) is 1. The van der Waals surface area contributed by atoms with Gasteiger partial charge in [-0.3, -0.25) is 13.9 Å². The van der Waals surface area contributed by atoms with Crippen molar-refractivity contribution in [2.75, 3.05) is 13.7 Å². The fourth-order valence-corrected chi connectivity index (χ4v) is 5.77. The Balaban J connectivity index is 0.00000253. The number of aliphatic hydroxyl groups excluding tert-OH is 1. The van der Waals surface area contributed by atoms with Crippen molar-refractivity contribution in [2.24, 2.45) is 0 Å². The minimum absolute atomic E-state index is 0. The Hall–Kier alpha value is -2.58. The predicted molar refractivity (Wildman–Crippen MR) is 118 cm³/mol. The fourth-order valence-electron chi connectivity index (χ4n) is 4.27. The fraction of sp³-hybridized carbons (Fsp3) is 0.316. The van der Waals surface area contributed by atoms with Gasteiger partial charge in [-0.2, -0.15) is 4.98 Å². The van der Waals surface area contributed by atoms with Gasteiger partial charge in [-0.1, -0.05) is 12.1 Å². The number of ether oxygens (including phenoxy) is 2. The summed E-state index contributed by atoms with van der Waals surface area (Å²) >= 11 is 3.29. The zero-order valence-electron chi connectivity index (χ0n) is 18.3. The minimum Gasteiger partial charge on any atom is -0.756 e. The average Bonchev–Trinajstić information content (AvgIpc) is 3.47. The van der Waals surface area contributed by atoms with Crippen LogP contribution < -0.4 is 15.2 Å². The van der Waals surface area contributed by atoms with Crippen LogP contribution >= 0.6 is 23.8 Å². The molecule has 1 aromatic carbocycles. The van der Waals surface area contributed by atoms with Crippen LogP contribution in [0.1, 0.15) is 7.65 Å². The number of halogens is 1. The summed E-state index contributed by atoms with van der Waals surface area (Å²) in [4.78, 5) is 36.8. The molecule has 34 heavy (non-hydrogen) atoms. The van der Waals surface area contributed by atoms with E-state index in [1.807, 2.05) is 18.2 Å². The van der Waals surface area contributed by atoms with E-state index in [4.69, 9.17) is 14.0 Å². The molecule has 13 nitrogen and oxygen atoms in total. The molecule has 178 valence electrons. The highest BCUT2D eigenvalue weighted by molar-refractivity contribution is 9.10. The van der Waals surface area contributed by atoms with Crippen molar-refractivity contribution >= 4 is 40.7 Å². The quantitative estimate of drug-likeness (QED) is 0.276. The Kier molecular flexibility index (Phi) is 4.97. The van der Waals surface area contributed by atoms with Gasteiger partial charge in [-0.15, -0.1) is 0 Å². The van der Waals surface area contributed by atoms with Gasteiger partial charge in [0.1, 0.15) is 24.1 Å². The Bertz CT molecular complexity index is 1560. The molecule has 15 heteroatoms. The monoisotopic (exact) mass is 553 g/mol. The lowest BCUT2D eigenvalue weighted by Crippen LogP contribution is -2.41. The number of methoxy groups -OCH3 is 1. The number of hydrogen-bond acceptors (Lipinski definition) is 10. The molecule has 0 aliphatic carbocycles. The molecule has 6 rings (SSSR count). The second-order valence-electron chi connectivity index (χ2n) is 7.77. The van der Waals surface area contributed by atoms with Crippen molar-refractivity contribution in [1.29, 1.82) is 0 Å². The molecule has 0 radical (unpaired) electrons. The van der Waals surface area contributed by atoms with E-state index in [0.717, 1.165) is 5.56 Å². The van der Waals surface area contributed by atoms with Gasteiger partial charge in [-0.05, 0) is 28.1 Å². The Labute approximate surface area is 200 Å². The molecule has 5 atom stereocenters. The van der Waals surface area contributed by atoms with Crippen molar-refractivity contribution in [3.63, 3.8) is 0 Å². The second kappa shape index (κ2) is 7.71. The van der Waals surface area contributed by atoms with E-state index >= 15 is 0 Å². The summed E-state index contributed by atoms with van der Waals surface area (Å²) in [6, 6.07) is 7.31. The summed E-state index contributed by atoms with van der Waals surface area (Å²) in [6.07, 6.45) is -2.93. The highest BCUT2D eigenvalue weighted by Crippen LogP contribution is 2.50. The lowest BCUT2D eigenvalue weighted by molar-refractivity contribution is -0.245. The third-order valence-electron chi connectivity index (χ3n) is 5.82. The van der Waals surface area contributed by atoms with Crippen LogP contribution in [-0.2, 0) is 18.3 Å². The van der Waals surface area contributed by atoms with Crippen LogP contribution in [0.4, 0.5) is 0 Å². The number of imidazole rings is 2. The number of nitrogens with zero attached hydrogens (tertiary/aromatic N) is 4. The Morgan fingerprint density at radius 1 is 1.38 bits per heavy atom. The summed E-state index contributed by atoms with van der Waals surface area (Å²) < 4.78 is 35.4. The Morgan fingerprint density at radius 2 is 2.18 bits per heavy atom. The molecular weight excluding hydrogens is 537 g/mol. The first kappa shape index (κ1) is 21.9. The zero-order valence-corrected chi connectivity index (χ0v) is 19.8. The molecule has 2 saturated heterocycles. The molecule has 0 saturated carbocycles. The number of phosphoric acid groups is 1. The van der Waals surface area contributed by atoms with E-state index < -0.39 is 37.9 Å². The molecule has 2 aliphatic rings. The molecular formula is C19H17BrN5O8P. The zero-order chi connectivity index (χ0) is 23.8. The van der Waals surface area contributed by atoms with Gasteiger partial charge in [0.2, 0.25) is 5.78 Å². The molecule has 5 heterocycles. The molecule has 0 bridgehead atoms. The van der Waals surface area contributed by atoms with Gasteiger partial charge >= 0.3 is 1.43 Å². The molecule has 3 unspecified atom stereocenters. The largest absolute Gasteiger partial charge is 1.00 e. The lowest BCUT2D eigenvalue weighted by atomic mass is 10.1. The summed E-state index contributed by atoms with van der Waals surface area (Å²) in [5.41, 5.74) is 1.02. The van der Waals surface area contributed by atoms with Crippen LogP contribution in [0.2, 0.25) is 0 Å². The van der Waals surface area contributed by atoms with Gasteiger partial charge < -0.3 is 33.5 Å². The van der Waals surface area contributed by atoms with Crippen LogP contribution in [0, 0.1) is 0 Å². The van der Waals surface area contributed by atoms with Gasteiger partial charge in [0.25, 0.3) is 13.4 Å². The standard InChI is InChI=1S/C19H17BrN5O8P/c1-30-10-5-3-2-4-8(10)9-6-24-16(27)12-15(23-19(24)21-9)25(18(20)22-12)17-13(26)14-11(32-17)7-31-34(28,29)33-14/h2-6,11,13-14,17,26H,7H2,1H3,(H,21,23)(H,28,29)/t11?,13?,14-,17-/m1/s1. The van der Waals surface area contributed by atoms with E-state index in [1.54, 1.807) is 19.4 Å². The molecule has 0 spiro atoms. The number of aromatic amines is 1. The van der Waals surface area contributed by atoms with Crippen molar-refractivity contribution < 1.29 is 34.5 Å². The first-order chi connectivity index (χ1) is 16.3. The summed E-state index contributed by atoms with van der Waals surface area (Å²) in [5.74, 6) is 0.834. The number of hydrogen-bond donors (Lipinski definition) is 2. The normalized spacial score (nSPS) is 29.1. The van der Waals surface area contributed by atoms with Gasteiger partial charge in [-0.25, -0.2) is 9.38 Å². The number of rotatable bonds is 3. The number of para-hydroxylation sites is 1. The molecule has 2 fully saturated rings. The maximum Gasteiger partial charge on any atom is 1.00 e. The van der Waals surface area contributed by atoms with E-state index in [0.29, 0.717) is 11.4 Å². The van der Waals surface area contributed by atoms with Gasteiger partial charge in [0, 0.05) is 11.8 Å². The predicted octanol–water partition coefficient (Wildman–Crippen LogP) is 1.06. The average molecular weight is 554 g/mol. The maximum absolute atomic E-state index is 13.2. The van der Waals surface area contributed by atoms with Gasteiger partial charge in [0.15, 0.2) is 22.1 Å². The Morgan fingerprint density at radius 3 is 2.97 bits per heavy atom. The van der Waals surface area contributed by atoms with Crippen LogP contribution in [0.25, 0.3) is 28.2 Å². The van der Waals surface area contributed by atoms with E-state index in [2.05, 4.69) is 35.4 Å². The second-order valence-corrected chi connectivity index (χ2v) is 9.84. The van der Waals surface area contributed by atoms with E-state index in [-0.39, 0.29) is 29.7 Å². The number of aromatic nitrogens is 5. The maximum atomic E-state index is 13.2. The molecule has 2 N–H and O–H groups in total. The third-order valence-corrected chi connectivity index (χ3v) is 7.34. The number of fused-ring (bicyclic) bond motifs is 3. The third kappa shape index (κ3) is 3.26. The van der Waals surface area contributed by atoms with E-state index in [9.17, 15) is 19.4 Å². The van der Waals surface area contributed by atoms with E-state index in [1.165, 1.54) is 8.97 Å². The van der Waals surface area contributed by atoms with Crippen molar-refractivity contribution in [2.45, 2.75) is 24.5 Å². The number of aliphatic hydroxyl groups is 1. The molecule has 3 aromatic heterocycles. The number of phosphoric ester groups is 1. The smallest absolute Gasteiger partial charge is 0.756 e. The van der Waals surface area contributed by atoms with Crippen molar-refractivity contribution in [3.8, 4) is 17.0 Å². The summed E-state index contributed by atoms with van der Waals surface area (Å²) in [5, 5.41) is 10.8. The molecule has 2 aliphatic heterocycles. The van der Waals surface area contributed by atoms with Crippen LogP contribution in [0.3, 0.4) is 0 Å². The number of H-pyrrole nitrogens is 1.